The van der Waals surface area contributed by atoms with E-state index >= 15 is 0 Å². The Labute approximate surface area is 117 Å². The van der Waals surface area contributed by atoms with Crippen LogP contribution in [0.4, 0.5) is 18.3 Å². The first kappa shape index (κ1) is 14.6. The molecule has 1 aliphatic heterocycles. The van der Waals surface area contributed by atoms with Crippen molar-refractivity contribution < 1.29 is 18.0 Å². The number of Topliss-reactive ketones (excluding diaryl/α,β-unsaturated/α-hetero) is 1. The highest BCUT2D eigenvalue weighted by molar-refractivity contribution is 7.14. The van der Waals surface area contributed by atoms with E-state index in [0.717, 1.165) is 0 Å². The molecule has 1 fully saturated rings. The molecule has 1 atom stereocenters. The van der Waals surface area contributed by atoms with Crippen molar-refractivity contribution in [2.45, 2.75) is 19.0 Å². The predicted octanol–water partition coefficient (Wildman–Crippen LogP) is 3.34. The molecule has 1 aromatic heterocycles. The number of alkyl halides is 4. The molecular weight excluding hydrogens is 301 g/mol. The molecule has 19 heavy (non-hydrogen) atoms. The summed E-state index contributed by atoms with van der Waals surface area (Å²) >= 11 is 6.60. The smallest absolute Gasteiger partial charge is 0.347 e. The second-order valence-corrected chi connectivity index (χ2v) is 5.50. The summed E-state index contributed by atoms with van der Waals surface area (Å²) in [5.74, 6) is -1.81. The molecule has 2 rings (SSSR count). The molecule has 1 aliphatic rings. The number of piperidine rings is 1. The van der Waals surface area contributed by atoms with Crippen LogP contribution in [-0.4, -0.2) is 35.9 Å². The molecule has 0 aliphatic carbocycles. The van der Waals surface area contributed by atoms with Crippen molar-refractivity contribution in [3.8, 4) is 0 Å². The van der Waals surface area contributed by atoms with Gasteiger partial charge in [-0.15, -0.1) is 22.9 Å². The van der Waals surface area contributed by atoms with Gasteiger partial charge < -0.3 is 4.90 Å². The van der Waals surface area contributed by atoms with Crippen LogP contribution >= 0.6 is 22.9 Å². The molecule has 0 radical (unpaired) electrons. The summed E-state index contributed by atoms with van der Waals surface area (Å²) in [6.07, 6.45) is -3.55. The number of hydrogen-bond acceptors (Lipinski definition) is 4. The van der Waals surface area contributed by atoms with Crippen LogP contribution in [-0.2, 0) is 0 Å². The van der Waals surface area contributed by atoms with E-state index < -0.39 is 12.1 Å². The number of ketones is 1. The first-order valence-corrected chi connectivity index (χ1v) is 7.19. The number of nitrogens with zero attached hydrogens (tertiary/aromatic N) is 2. The summed E-state index contributed by atoms with van der Waals surface area (Å²) in [5, 5.41) is 2.00. The minimum absolute atomic E-state index is 0.0917. The van der Waals surface area contributed by atoms with Gasteiger partial charge >= 0.3 is 6.18 Å². The van der Waals surface area contributed by atoms with Gasteiger partial charge in [-0.1, -0.05) is 0 Å². The minimum Gasteiger partial charge on any atom is -0.347 e. The summed E-state index contributed by atoms with van der Waals surface area (Å²) in [5.41, 5.74) is 0.226. The van der Waals surface area contributed by atoms with Crippen LogP contribution in [0, 0.1) is 5.92 Å². The Morgan fingerprint density at radius 1 is 1.58 bits per heavy atom. The van der Waals surface area contributed by atoms with Crippen LogP contribution in [0.5, 0.6) is 0 Å². The van der Waals surface area contributed by atoms with Crippen LogP contribution in [0.25, 0.3) is 0 Å². The maximum absolute atomic E-state index is 12.7. The van der Waals surface area contributed by atoms with Crippen molar-refractivity contribution in [3.05, 3.63) is 11.1 Å². The third kappa shape index (κ3) is 3.39. The number of aromatic nitrogens is 1. The molecule has 1 saturated heterocycles. The number of carbonyl (C=O) groups excluding carboxylic acids is 1. The lowest BCUT2D eigenvalue weighted by atomic mass is 9.98. The molecule has 0 amide bonds. The predicted molar refractivity (Wildman–Crippen MR) is 68.2 cm³/mol. The van der Waals surface area contributed by atoms with Gasteiger partial charge in [0.2, 0.25) is 0 Å². The number of hydrogen-bond donors (Lipinski definition) is 0. The Hall–Kier alpha value is -0.820. The lowest BCUT2D eigenvalue weighted by molar-refractivity contribution is -0.175. The van der Waals surface area contributed by atoms with Crippen molar-refractivity contribution in [2.24, 2.45) is 5.92 Å². The van der Waals surface area contributed by atoms with E-state index in [1.807, 2.05) is 0 Å². The van der Waals surface area contributed by atoms with Crippen molar-refractivity contribution in [1.29, 1.82) is 0 Å². The van der Waals surface area contributed by atoms with Crippen LogP contribution in [0.1, 0.15) is 23.3 Å². The largest absolute Gasteiger partial charge is 0.393 e. The van der Waals surface area contributed by atoms with Gasteiger partial charge in [0.05, 0.1) is 11.8 Å². The maximum atomic E-state index is 12.7. The summed E-state index contributed by atoms with van der Waals surface area (Å²) in [4.78, 5) is 17.0. The first-order valence-electron chi connectivity index (χ1n) is 5.78. The van der Waals surface area contributed by atoms with Gasteiger partial charge in [-0.3, -0.25) is 4.79 Å². The van der Waals surface area contributed by atoms with Crippen LogP contribution in [0.2, 0.25) is 0 Å². The van der Waals surface area contributed by atoms with Crippen LogP contribution in [0.15, 0.2) is 5.38 Å². The first-order chi connectivity index (χ1) is 8.91. The molecular formula is C11H12ClF3N2OS. The van der Waals surface area contributed by atoms with Gasteiger partial charge in [0.25, 0.3) is 0 Å². The second-order valence-electron chi connectivity index (χ2n) is 4.40. The zero-order valence-electron chi connectivity index (χ0n) is 9.91. The van der Waals surface area contributed by atoms with E-state index in [0.29, 0.717) is 18.1 Å². The number of anilines is 1. The highest BCUT2D eigenvalue weighted by atomic mass is 35.5. The minimum atomic E-state index is -4.18. The number of rotatable bonds is 3. The molecule has 2 heterocycles. The van der Waals surface area contributed by atoms with Crippen molar-refractivity contribution in [1.82, 2.24) is 4.98 Å². The maximum Gasteiger partial charge on any atom is 0.393 e. The van der Waals surface area contributed by atoms with Gasteiger partial charge in [-0.05, 0) is 12.8 Å². The summed E-state index contributed by atoms with van der Waals surface area (Å²) in [6, 6.07) is 0. The Morgan fingerprint density at radius 2 is 2.32 bits per heavy atom. The number of carbonyl (C=O) groups is 1. The fourth-order valence-corrected chi connectivity index (χ4v) is 3.03. The average molecular weight is 313 g/mol. The molecule has 0 N–H and O–H groups in total. The van der Waals surface area contributed by atoms with Crippen LogP contribution in [0.3, 0.4) is 0 Å². The highest BCUT2D eigenvalue weighted by Crippen LogP contribution is 2.35. The molecule has 0 aromatic carbocycles. The molecule has 8 heteroatoms. The quantitative estimate of drug-likeness (QED) is 0.634. The van der Waals surface area contributed by atoms with E-state index in [-0.39, 0.29) is 30.3 Å². The molecule has 3 nitrogen and oxygen atoms in total. The van der Waals surface area contributed by atoms with E-state index in [1.54, 1.807) is 4.90 Å². The monoisotopic (exact) mass is 312 g/mol. The fourth-order valence-electron chi connectivity index (χ4n) is 2.02. The third-order valence-electron chi connectivity index (χ3n) is 3.05. The van der Waals surface area contributed by atoms with E-state index in [1.165, 1.54) is 16.7 Å². The molecule has 0 saturated carbocycles. The van der Waals surface area contributed by atoms with E-state index in [2.05, 4.69) is 4.98 Å². The summed E-state index contributed by atoms with van der Waals surface area (Å²) < 4.78 is 38.1. The van der Waals surface area contributed by atoms with Gasteiger partial charge in [-0.2, -0.15) is 13.2 Å². The summed E-state index contributed by atoms with van der Waals surface area (Å²) in [6.45, 7) is 0.445. The summed E-state index contributed by atoms with van der Waals surface area (Å²) in [7, 11) is 0. The van der Waals surface area contributed by atoms with Crippen LogP contribution < -0.4 is 4.90 Å². The number of halogens is 4. The van der Waals surface area contributed by atoms with Gasteiger partial charge in [0.1, 0.15) is 5.69 Å². The van der Waals surface area contributed by atoms with Gasteiger partial charge in [-0.25, -0.2) is 4.98 Å². The van der Waals surface area contributed by atoms with Crippen molar-refractivity contribution in [2.75, 3.05) is 23.9 Å². The standard InChI is InChI=1S/C11H12ClF3N2OS/c12-4-9(18)8-6-19-10(16-8)17-3-1-2-7(5-17)11(13,14)15/h6-7H,1-5H2. The van der Waals surface area contributed by atoms with Crippen molar-refractivity contribution >= 4 is 33.9 Å². The Balaban J connectivity index is 2.09. The third-order valence-corrected chi connectivity index (χ3v) is 4.20. The topological polar surface area (TPSA) is 33.2 Å². The average Bonchev–Trinajstić information content (AvgIpc) is 2.86. The SMILES string of the molecule is O=C(CCl)c1csc(N2CCCC(C(F)(F)F)C2)n1. The molecule has 1 aromatic rings. The van der Waals surface area contributed by atoms with E-state index in [4.69, 9.17) is 11.6 Å². The molecule has 0 spiro atoms. The highest BCUT2D eigenvalue weighted by Gasteiger charge is 2.42. The van der Waals surface area contributed by atoms with Crippen molar-refractivity contribution in [3.63, 3.8) is 0 Å². The molecule has 1 unspecified atom stereocenters. The Bertz CT molecular complexity index is 463. The Kier molecular flexibility index (Phi) is 4.35. The number of thiazole rings is 1. The van der Waals surface area contributed by atoms with Gasteiger partial charge in [0, 0.05) is 18.5 Å². The normalized spacial score (nSPS) is 20.6. The zero-order chi connectivity index (χ0) is 14.0. The van der Waals surface area contributed by atoms with Gasteiger partial charge in [0.15, 0.2) is 10.9 Å². The lowest BCUT2D eigenvalue weighted by Gasteiger charge is -2.33. The fraction of sp³-hybridized carbons (Fsp3) is 0.636. The van der Waals surface area contributed by atoms with E-state index in [9.17, 15) is 18.0 Å². The second kappa shape index (κ2) is 5.66. The molecule has 0 bridgehead atoms. The Morgan fingerprint density at radius 3 is 2.95 bits per heavy atom. The molecule has 106 valence electrons. The lowest BCUT2D eigenvalue weighted by Crippen LogP contribution is -2.41. The zero-order valence-corrected chi connectivity index (χ0v) is 11.5.